The molecule has 3 atom stereocenters. The molecule has 9 rings (SSSR count). The SMILES string of the molecule is C=C1CN2C[C@@H](F)C[C@@]2(COc2nc3c4cnc(c(F)c4n2)-c2c(c(Cl)cc4[nH]ncc24)CCCOC(=O)O[C@@H]2COCCN3C2)C1. The van der Waals surface area contributed by atoms with E-state index in [1.165, 1.54) is 6.20 Å². The fraction of sp³-hybridized carbons (Fsp3) is 0.469. The molecule has 0 aliphatic carbocycles. The lowest BCUT2D eigenvalue weighted by atomic mass is 9.93. The summed E-state index contributed by atoms with van der Waals surface area (Å²) in [5.74, 6) is -0.347. The summed E-state index contributed by atoms with van der Waals surface area (Å²) in [5.41, 5.74) is 2.14. The van der Waals surface area contributed by atoms with Crippen molar-refractivity contribution in [1.82, 2.24) is 30.0 Å². The smallest absolute Gasteiger partial charge is 0.461 e. The van der Waals surface area contributed by atoms with Gasteiger partial charge in [0, 0.05) is 48.2 Å². The number of benzene rings is 1. The number of fused-ring (bicyclic) bond motifs is 8. The van der Waals surface area contributed by atoms with Gasteiger partial charge in [0.2, 0.25) is 0 Å². The second-order valence-corrected chi connectivity index (χ2v) is 13.0. The van der Waals surface area contributed by atoms with E-state index < -0.39 is 29.8 Å². The summed E-state index contributed by atoms with van der Waals surface area (Å²) in [6, 6.07) is 1.66. The quantitative estimate of drug-likeness (QED) is 0.239. The minimum Gasteiger partial charge on any atom is -0.461 e. The van der Waals surface area contributed by atoms with Crippen molar-refractivity contribution >= 4 is 45.4 Å². The van der Waals surface area contributed by atoms with Gasteiger partial charge in [0.05, 0.1) is 49.0 Å². The number of nitrogens with zero attached hydrogens (tertiary/aromatic N) is 6. The van der Waals surface area contributed by atoms with Gasteiger partial charge in [0.1, 0.15) is 35.9 Å². The van der Waals surface area contributed by atoms with Crippen LogP contribution in [0.5, 0.6) is 6.01 Å². The second-order valence-electron chi connectivity index (χ2n) is 12.6. The number of nitrogens with one attached hydrogen (secondary N) is 1. The number of hydrogen-bond donors (Lipinski definition) is 1. The van der Waals surface area contributed by atoms with E-state index in [1.807, 2.05) is 4.90 Å². The zero-order valence-corrected chi connectivity index (χ0v) is 26.2. The minimum atomic E-state index is -0.981. The summed E-state index contributed by atoms with van der Waals surface area (Å²) < 4.78 is 54.6. The normalized spacial score (nSPS) is 25.2. The molecule has 5 aliphatic rings. The number of carbonyl (C=O) groups is 1. The molecule has 0 amide bonds. The molecular formula is C32H32ClF2N7O5. The average molecular weight is 668 g/mol. The van der Waals surface area contributed by atoms with Crippen molar-refractivity contribution in [3.05, 3.63) is 47.0 Å². The Balaban J connectivity index is 1.29. The molecule has 0 saturated carbocycles. The Morgan fingerprint density at radius 1 is 1.21 bits per heavy atom. The van der Waals surface area contributed by atoms with Crippen LogP contribution in [0.3, 0.4) is 0 Å². The van der Waals surface area contributed by atoms with Crippen molar-refractivity contribution in [2.24, 2.45) is 0 Å². The zero-order chi connectivity index (χ0) is 32.3. The number of pyridine rings is 1. The number of carbonyl (C=O) groups excluding carboxylic acids is 1. The van der Waals surface area contributed by atoms with Crippen LogP contribution in [0.2, 0.25) is 5.02 Å². The molecule has 246 valence electrons. The average Bonchev–Trinajstić information content (AvgIpc) is 3.64. The van der Waals surface area contributed by atoms with Gasteiger partial charge in [-0.25, -0.2) is 13.6 Å². The van der Waals surface area contributed by atoms with E-state index in [1.54, 1.807) is 12.3 Å². The highest BCUT2D eigenvalue weighted by molar-refractivity contribution is 6.33. The molecule has 47 heavy (non-hydrogen) atoms. The Morgan fingerprint density at radius 3 is 3.00 bits per heavy atom. The van der Waals surface area contributed by atoms with Crippen LogP contribution in [0.15, 0.2) is 30.6 Å². The molecule has 3 aromatic heterocycles. The van der Waals surface area contributed by atoms with Crippen LogP contribution in [0.25, 0.3) is 33.1 Å². The van der Waals surface area contributed by atoms with Crippen LogP contribution in [0.1, 0.15) is 24.8 Å². The van der Waals surface area contributed by atoms with Gasteiger partial charge in [-0.3, -0.25) is 15.0 Å². The summed E-state index contributed by atoms with van der Waals surface area (Å²) in [7, 11) is 0. The lowest BCUT2D eigenvalue weighted by Crippen LogP contribution is -2.43. The highest BCUT2D eigenvalue weighted by Gasteiger charge is 2.50. The van der Waals surface area contributed by atoms with E-state index in [0.717, 1.165) is 5.57 Å². The predicted molar refractivity (Wildman–Crippen MR) is 168 cm³/mol. The highest BCUT2D eigenvalue weighted by Crippen LogP contribution is 2.43. The molecule has 3 saturated heterocycles. The van der Waals surface area contributed by atoms with Crippen molar-refractivity contribution in [2.75, 3.05) is 57.5 Å². The summed E-state index contributed by atoms with van der Waals surface area (Å²) in [4.78, 5) is 30.5. The van der Waals surface area contributed by atoms with Crippen molar-refractivity contribution in [3.8, 4) is 17.3 Å². The Kier molecular flexibility index (Phi) is 7.60. The van der Waals surface area contributed by atoms with Crippen LogP contribution >= 0.6 is 11.6 Å². The maximum absolute atomic E-state index is 17.0. The van der Waals surface area contributed by atoms with Gasteiger partial charge < -0.3 is 23.8 Å². The number of halogens is 3. The number of alkyl halides is 1. The molecule has 5 aliphatic heterocycles. The van der Waals surface area contributed by atoms with Crippen molar-refractivity contribution in [1.29, 1.82) is 0 Å². The molecule has 1 aromatic carbocycles. The molecule has 0 radical (unpaired) electrons. The standard InChI is InChI=1S/C32H32ClF2N7O5/c1-17-8-32(9-18(34)13-42(32)12-17)16-46-30-38-27-22-10-36-28(26(27)35)25-20(23(33)7-24-21(25)11-37-40-24)3-2-5-45-31(43)47-19-14-41(29(22)39-30)4-6-44-15-19/h7,10-11,18-19H,1-6,8-9,12-16H2,(H,37,40)/t18-,19-,32+/m0/s1. The van der Waals surface area contributed by atoms with Crippen LogP contribution in [-0.4, -0.2) is 107 Å². The number of anilines is 1. The number of rotatable bonds is 3. The third kappa shape index (κ3) is 5.41. The van der Waals surface area contributed by atoms with Gasteiger partial charge in [0.25, 0.3) is 0 Å². The van der Waals surface area contributed by atoms with Gasteiger partial charge in [-0.2, -0.15) is 15.1 Å². The maximum Gasteiger partial charge on any atom is 0.508 e. The van der Waals surface area contributed by atoms with E-state index >= 15 is 4.39 Å². The molecule has 1 N–H and O–H groups in total. The fourth-order valence-corrected chi connectivity index (χ4v) is 7.68. The molecule has 0 spiro atoms. The number of hydrogen-bond acceptors (Lipinski definition) is 11. The number of ether oxygens (including phenoxy) is 4. The van der Waals surface area contributed by atoms with E-state index in [0.29, 0.717) is 90.2 Å². The van der Waals surface area contributed by atoms with Gasteiger partial charge in [-0.15, -0.1) is 0 Å². The summed E-state index contributed by atoms with van der Waals surface area (Å²) in [6.45, 7) is 6.18. The van der Waals surface area contributed by atoms with E-state index in [4.69, 9.17) is 35.5 Å². The molecule has 8 heterocycles. The zero-order valence-electron chi connectivity index (χ0n) is 25.4. The predicted octanol–water partition coefficient (Wildman–Crippen LogP) is 4.79. The van der Waals surface area contributed by atoms with Crippen LogP contribution < -0.4 is 9.64 Å². The lowest BCUT2D eigenvalue weighted by molar-refractivity contribution is -0.00448. The first-order valence-corrected chi connectivity index (χ1v) is 16.0. The molecule has 15 heteroatoms. The monoisotopic (exact) mass is 667 g/mol. The molecule has 6 bridgehead atoms. The van der Waals surface area contributed by atoms with Gasteiger partial charge in [-0.1, -0.05) is 23.8 Å². The Morgan fingerprint density at radius 2 is 2.11 bits per heavy atom. The first-order chi connectivity index (χ1) is 22.8. The van der Waals surface area contributed by atoms with E-state index in [2.05, 4.69) is 31.6 Å². The summed E-state index contributed by atoms with van der Waals surface area (Å²) in [6.07, 6.45) is 2.28. The number of aromatic nitrogens is 5. The van der Waals surface area contributed by atoms with Gasteiger partial charge >= 0.3 is 12.2 Å². The molecule has 0 unspecified atom stereocenters. The second kappa shape index (κ2) is 11.8. The van der Waals surface area contributed by atoms with Gasteiger partial charge in [-0.05, 0) is 30.9 Å². The van der Waals surface area contributed by atoms with Crippen molar-refractivity contribution in [2.45, 2.75) is 43.5 Å². The lowest BCUT2D eigenvalue weighted by Gasteiger charge is -2.30. The highest BCUT2D eigenvalue weighted by atomic mass is 35.5. The fourth-order valence-electron chi connectivity index (χ4n) is 7.38. The Bertz CT molecular complexity index is 1910. The summed E-state index contributed by atoms with van der Waals surface area (Å²) in [5, 5.41) is 8.41. The van der Waals surface area contributed by atoms with E-state index in [-0.39, 0.29) is 43.6 Å². The topological polar surface area (TPSA) is 128 Å². The molecule has 3 fully saturated rings. The van der Waals surface area contributed by atoms with Gasteiger partial charge in [0.15, 0.2) is 5.82 Å². The Hall–Kier alpha value is -4.14. The largest absolute Gasteiger partial charge is 0.508 e. The van der Waals surface area contributed by atoms with Crippen molar-refractivity contribution in [3.63, 3.8) is 0 Å². The van der Waals surface area contributed by atoms with E-state index in [9.17, 15) is 9.18 Å². The van der Waals surface area contributed by atoms with Crippen LogP contribution in [0, 0.1) is 5.82 Å². The molecule has 4 aromatic rings. The molecular weight excluding hydrogens is 636 g/mol. The van der Waals surface area contributed by atoms with Crippen LogP contribution in [-0.2, 0) is 20.6 Å². The number of H-pyrrole nitrogens is 1. The third-order valence-corrected chi connectivity index (χ3v) is 9.76. The first-order valence-electron chi connectivity index (χ1n) is 15.6. The third-order valence-electron chi connectivity index (χ3n) is 9.42. The number of aromatic amines is 1. The Labute approximate surface area is 273 Å². The van der Waals surface area contributed by atoms with Crippen molar-refractivity contribution < 1.29 is 32.5 Å². The first kappa shape index (κ1) is 30.2. The van der Waals surface area contributed by atoms with Crippen LogP contribution in [0.4, 0.5) is 19.4 Å². The summed E-state index contributed by atoms with van der Waals surface area (Å²) >= 11 is 6.75. The molecule has 12 nitrogen and oxygen atoms in total. The maximum atomic E-state index is 17.0. The minimum absolute atomic E-state index is 0.00770.